The molecule has 1 heterocycles. The zero-order valence-corrected chi connectivity index (χ0v) is 12.9. The van der Waals surface area contributed by atoms with Gasteiger partial charge in [0.15, 0.2) is 0 Å². The van der Waals surface area contributed by atoms with Gasteiger partial charge in [0, 0.05) is 16.3 Å². The zero-order valence-electron chi connectivity index (χ0n) is 12.9. The number of nitro groups is 1. The average molecular weight is 319 g/mol. The molecule has 0 N–H and O–H groups in total. The van der Waals surface area contributed by atoms with Crippen LogP contribution in [-0.4, -0.2) is 12.0 Å². The standard InChI is InChI=1S/C19H13NO4/c1-23-13-10-16-15-9-5-8-14(12-6-3-2-4-7-12)18(15)24-19(16)17(11-13)20(21)22/h2-11H,1H3. The lowest BCUT2D eigenvalue weighted by Crippen LogP contribution is -1.90. The van der Waals surface area contributed by atoms with Gasteiger partial charge in [-0.05, 0) is 11.6 Å². The van der Waals surface area contributed by atoms with E-state index in [1.54, 1.807) is 6.07 Å². The molecule has 3 aromatic carbocycles. The molecule has 0 fully saturated rings. The van der Waals surface area contributed by atoms with E-state index in [0.717, 1.165) is 16.5 Å². The van der Waals surface area contributed by atoms with Crippen LogP contribution >= 0.6 is 0 Å². The van der Waals surface area contributed by atoms with Crippen molar-refractivity contribution in [3.05, 3.63) is 70.8 Å². The van der Waals surface area contributed by atoms with Gasteiger partial charge in [0.05, 0.1) is 18.1 Å². The Bertz CT molecular complexity index is 1070. The van der Waals surface area contributed by atoms with Gasteiger partial charge in [-0.2, -0.15) is 0 Å². The van der Waals surface area contributed by atoms with Crippen molar-refractivity contribution in [3.63, 3.8) is 0 Å². The van der Waals surface area contributed by atoms with E-state index in [4.69, 9.17) is 9.15 Å². The second-order valence-corrected chi connectivity index (χ2v) is 5.43. The van der Waals surface area contributed by atoms with Gasteiger partial charge in [0.1, 0.15) is 11.3 Å². The van der Waals surface area contributed by atoms with E-state index in [1.807, 2.05) is 48.5 Å². The summed E-state index contributed by atoms with van der Waals surface area (Å²) in [4.78, 5) is 11.0. The molecule has 0 aliphatic heterocycles. The number of ether oxygens (including phenoxy) is 1. The van der Waals surface area contributed by atoms with Crippen molar-refractivity contribution in [2.24, 2.45) is 0 Å². The highest BCUT2D eigenvalue weighted by atomic mass is 16.6. The molecule has 1 aromatic heterocycles. The van der Waals surface area contributed by atoms with Crippen LogP contribution in [0.25, 0.3) is 33.1 Å². The van der Waals surface area contributed by atoms with Crippen LogP contribution in [0.4, 0.5) is 5.69 Å². The van der Waals surface area contributed by atoms with Crippen molar-refractivity contribution in [3.8, 4) is 16.9 Å². The first kappa shape index (κ1) is 14.3. The Morgan fingerprint density at radius 3 is 2.46 bits per heavy atom. The number of nitrogens with zero attached hydrogens (tertiary/aromatic N) is 1. The summed E-state index contributed by atoms with van der Waals surface area (Å²) in [5.41, 5.74) is 2.70. The molecule has 0 saturated carbocycles. The van der Waals surface area contributed by atoms with Crippen LogP contribution < -0.4 is 4.74 Å². The lowest BCUT2D eigenvalue weighted by atomic mass is 10.0. The number of fused-ring (bicyclic) bond motifs is 3. The zero-order chi connectivity index (χ0) is 16.7. The van der Waals surface area contributed by atoms with Crippen molar-refractivity contribution in [1.82, 2.24) is 0 Å². The third-order valence-electron chi connectivity index (χ3n) is 4.07. The van der Waals surface area contributed by atoms with Gasteiger partial charge >= 0.3 is 5.69 Å². The van der Waals surface area contributed by atoms with Crippen molar-refractivity contribution >= 4 is 27.6 Å². The summed E-state index contributed by atoms with van der Waals surface area (Å²) in [5, 5.41) is 12.9. The molecule has 118 valence electrons. The molecule has 24 heavy (non-hydrogen) atoms. The highest BCUT2D eigenvalue weighted by molar-refractivity contribution is 6.12. The first-order chi connectivity index (χ1) is 11.7. The molecule has 0 unspecified atom stereocenters. The molecule has 0 saturated heterocycles. The molecule has 5 heteroatoms. The Kier molecular flexibility index (Phi) is 3.20. The summed E-state index contributed by atoms with van der Waals surface area (Å²) >= 11 is 0. The Morgan fingerprint density at radius 2 is 1.75 bits per heavy atom. The maximum absolute atomic E-state index is 11.4. The number of furan rings is 1. The summed E-state index contributed by atoms with van der Waals surface area (Å²) < 4.78 is 11.1. The second-order valence-electron chi connectivity index (χ2n) is 5.43. The fourth-order valence-corrected chi connectivity index (χ4v) is 2.95. The summed E-state index contributed by atoms with van der Waals surface area (Å²) in [5.74, 6) is 0.432. The molecule has 4 rings (SSSR count). The summed E-state index contributed by atoms with van der Waals surface area (Å²) in [6, 6.07) is 18.7. The molecule has 0 spiro atoms. The van der Waals surface area contributed by atoms with Crippen LogP contribution in [0.15, 0.2) is 65.1 Å². The lowest BCUT2D eigenvalue weighted by molar-refractivity contribution is -0.383. The van der Waals surface area contributed by atoms with Crippen LogP contribution in [0.2, 0.25) is 0 Å². The van der Waals surface area contributed by atoms with Crippen LogP contribution in [0.1, 0.15) is 0 Å². The smallest absolute Gasteiger partial charge is 0.315 e. The molecular formula is C19H13NO4. The third-order valence-corrected chi connectivity index (χ3v) is 4.07. The van der Waals surface area contributed by atoms with Crippen LogP contribution in [-0.2, 0) is 0 Å². The predicted molar refractivity (Wildman–Crippen MR) is 92.4 cm³/mol. The maximum Gasteiger partial charge on any atom is 0.315 e. The fourth-order valence-electron chi connectivity index (χ4n) is 2.95. The normalized spacial score (nSPS) is 11.0. The van der Waals surface area contributed by atoms with Gasteiger partial charge in [-0.15, -0.1) is 0 Å². The first-order valence-corrected chi connectivity index (χ1v) is 7.42. The van der Waals surface area contributed by atoms with Crippen LogP contribution in [0.3, 0.4) is 0 Å². The van der Waals surface area contributed by atoms with Crippen molar-refractivity contribution in [1.29, 1.82) is 0 Å². The van der Waals surface area contributed by atoms with Crippen LogP contribution in [0, 0.1) is 10.1 Å². The molecule has 0 bridgehead atoms. The van der Waals surface area contributed by atoms with Gasteiger partial charge in [0.25, 0.3) is 0 Å². The van der Waals surface area contributed by atoms with E-state index >= 15 is 0 Å². The van der Waals surface area contributed by atoms with E-state index < -0.39 is 4.92 Å². The van der Waals surface area contributed by atoms with Crippen molar-refractivity contribution < 1.29 is 14.1 Å². The third kappa shape index (κ3) is 2.10. The molecule has 0 aliphatic rings. The number of para-hydroxylation sites is 1. The second kappa shape index (κ2) is 5.38. The Balaban J connectivity index is 2.12. The summed E-state index contributed by atoms with van der Waals surface area (Å²) in [6.45, 7) is 0. The molecule has 0 amide bonds. The summed E-state index contributed by atoms with van der Waals surface area (Å²) in [6.07, 6.45) is 0. The highest BCUT2D eigenvalue weighted by Gasteiger charge is 2.22. The predicted octanol–water partition coefficient (Wildman–Crippen LogP) is 5.17. The quantitative estimate of drug-likeness (QED) is 0.386. The number of rotatable bonds is 3. The largest absolute Gasteiger partial charge is 0.496 e. The molecule has 0 atom stereocenters. The maximum atomic E-state index is 11.4. The van der Waals surface area contributed by atoms with Gasteiger partial charge < -0.3 is 9.15 Å². The Labute approximate surface area is 137 Å². The lowest BCUT2D eigenvalue weighted by Gasteiger charge is -2.01. The van der Waals surface area contributed by atoms with Gasteiger partial charge in [0.2, 0.25) is 5.58 Å². The topological polar surface area (TPSA) is 65.5 Å². The Morgan fingerprint density at radius 1 is 0.958 bits per heavy atom. The van der Waals surface area contributed by atoms with Gasteiger partial charge in [-0.3, -0.25) is 10.1 Å². The van der Waals surface area contributed by atoms with Crippen LogP contribution in [0.5, 0.6) is 5.75 Å². The molecule has 0 radical (unpaired) electrons. The van der Waals surface area contributed by atoms with Crippen molar-refractivity contribution in [2.75, 3.05) is 7.11 Å². The van der Waals surface area contributed by atoms with E-state index in [2.05, 4.69) is 0 Å². The minimum absolute atomic E-state index is 0.0976. The van der Waals surface area contributed by atoms with Gasteiger partial charge in [-0.1, -0.05) is 48.5 Å². The molecule has 0 aliphatic carbocycles. The average Bonchev–Trinajstić information content (AvgIpc) is 3.00. The van der Waals surface area contributed by atoms with E-state index in [9.17, 15) is 10.1 Å². The Hall–Kier alpha value is -3.34. The van der Waals surface area contributed by atoms with E-state index in [1.165, 1.54) is 13.2 Å². The molecule has 5 nitrogen and oxygen atoms in total. The number of hydrogen-bond acceptors (Lipinski definition) is 4. The monoisotopic (exact) mass is 319 g/mol. The first-order valence-electron chi connectivity index (χ1n) is 7.42. The number of non-ortho nitro benzene ring substituents is 1. The fraction of sp³-hybridized carbons (Fsp3) is 0.0526. The molecule has 4 aromatic rings. The van der Waals surface area contributed by atoms with Gasteiger partial charge in [-0.25, -0.2) is 0 Å². The minimum atomic E-state index is -0.449. The molecular weight excluding hydrogens is 306 g/mol. The number of nitro benzene ring substituents is 1. The van der Waals surface area contributed by atoms with E-state index in [-0.39, 0.29) is 11.3 Å². The number of benzene rings is 3. The number of hydrogen-bond donors (Lipinski definition) is 0. The SMILES string of the molecule is COc1cc([N+](=O)[O-])c2oc3c(-c4ccccc4)cccc3c2c1. The number of methoxy groups -OCH3 is 1. The minimum Gasteiger partial charge on any atom is -0.496 e. The van der Waals surface area contributed by atoms with Crippen molar-refractivity contribution in [2.45, 2.75) is 0 Å². The summed E-state index contributed by atoms with van der Waals surface area (Å²) in [7, 11) is 1.49. The highest BCUT2D eigenvalue weighted by Crippen LogP contribution is 2.41. The van der Waals surface area contributed by atoms with E-state index in [0.29, 0.717) is 16.7 Å².